The lowest BCUT2D eigenvalue weighted by Gasteiger charge is -2.18. The van der Waals surface area contributed by atoms with E-state index in [1.165, 1.54) is 19.3 Å². The smallest absolute Gasteiger partial charge is 0.305 e. The van der Waals surface area contributed by atoms with E-state index >= 15 is 0 Å². The Morgan fingerprint density at radius 3 is 2.47 bits per heavy atom. The van der Waals surface area contributed by atoms with Crippen molar-refractivity contribution in [3.63, 3.8) is 0 Å². The van der Waals surface area contributed by atoms with Crippen molar-refractivity contribution in [1.29, 1.82) is 0 Å². The number of carbonyl (C=O) groups excluding carboxylic acids is 1. The van der Waals surface area contributed by atoms with Crippen molar-refractivity contribution in [2.24, 2.45) is 11.8 Å². The maximum atomic E-state index is 11.2. The molecule has 0 aliphatic heterocycles. The average molecular weight is 271 g/mol. The third-order valence-electron chi connectivity index (χ3n) is 3.99. The zero-order chi connectivity index (χ0) is 14.1. The van der Waals surface area contributed by atoms with E-state index in [1.807, 2.05) is 6.92 Å². The third-order valence-corrected chi connectivity index (χ3v) is 3.99. The number of hydrogen-bond acceptors (Lipinski definition) is 4. The van der Waals surface area contributed by atoms with E-state index in [4.69, 9.17) is 4.74 Å². The highest BCUT2D eigenvalue weighted by Gasteiger charge is 2.26. The van der Waals surface area contributed by atoms with Crippen LogP contribution in [0.5, 0.6) is 0 Å². The van der Waals surface area contributed by atoms with Gasteiger partial charge in [-0.3, -0.25) is 14.9 Å². The summed E-state index contributed by atoms with van der Waals surface area (Å²) >= 11 is 0. The topological polar surface area (TPSA) is 69.4 Å². The number of esters is 1. The fourth-order valence-electron chi connectivity index (χ4n) is 3.10. The first-order valence-electron chi connectivity index (χ1n) is 7.41. The number of hydrogen-bond donors (Lipinski definition) is 0. The van der Waals surface area contributed by atoms with Gasteiger partial charge in [-0.15, -0.1) is 0 Å². The van der Waals surface area contributed by atoms with Crippen molar-refractivity contribution in [1.82, 2.24) is 0 Å². The molecule has 0 bridgehead atoms. The number of ether oxygens (including phenoxy) is 1. The molecule has 5 nitrogen and oxygen atoms in total. The summed E-state index contributed by atoms with van der Waals surface area (Å²) in [7, 11) is 0. The first-order valence-corrected chi connectivity index (χ1v) is 7.41. The predicted octanol–water partition coefficient (Wildman–Crippen LogP) is 3.19. The molecule has 0 amide bonds. The van der Waals surface area contributed by atoms with Crippen molar-refractivity contribution < 1.29 is 14.5 Å². The molecular formula is C14H25NO4. The van der Waals surface area contributed by atoms with Crippen molar-refractivity contribution in [2.45, 2.75) is 58.3 Å². The Balaban J connectivity index is 2.17. The zero-order valence-electron chi connectivity index (χ0n) is 11.8. The molecule has 110 valence electrons. The fraction of sp³-hybridized carbons (Fsp3) is 0.929. The van der Waals surface area contributed by atoms with Crippen LogP contribution in [0.15, 0.2) is 0 Å². The molecule has 0 aromatic rings. The maximum Gasteiger partial charge on any atom is 0.305 e. The standard InChI is InChI=1S/C14H25NO4/c1-2-19-14(16)10-4-8-12-6-3-7-13(12)9-5-11-15(17)18/h12-13H,2-11H2,1H3/t12-,13+/m0/s1. The van der Waals surface area contributed by atoms with E-state index in [9.17, 15) is 14.9 Å². The number of carbonyl (C=O) groups is 1. The zero-order valence-corrected chi connectivity index (χ0v) is 11.8. The minimum Gasteiger partial charge on any atom is -0.466 e. The second-order valence-corrected chi connectivity index (χ2v) is 5.35. The van der Waals surface area contributed by atoms with Gasteiger partial charge in [0.25, 0.3) is 0 Å². The van der Waals surface area contributed by atoms with Crippen LogP contribution in [0.25, 0.3) is 0 Å². The second-order valence-electron chi connectivity index (χ2n) is 5.35. The average Bonchev–Trinajstić information content (AvgIpc) is 2.77. The molecule has 1 aliphatic rings. The van der Waals surface area contributed by atoms with Crippen LogP contribution >= 0.6 is 0 Å². The van der Waals surface area contributed by atoms with Crippen LogP contribution in [0.3, 0.4) is 0 Å². The Kier molecular flexibility index (Phi) is 7.45. The highest BCUT2D eigenvalue weighted by atomic mass is 16.6. The Bertz CT molecular complexity index is 293. The van der Waals surface area contributed by atoms with Crippen molar-refractivity contribution in [2.75, 3.05) is 13.2 Å². The number of nitro groups is 1. The Labute approximate surface area is 114 Å². The predicted molar refractivity (Wildman–Crippen MR) is 72.4 cm³/mol. The summed E-state index contributed by atoms with van der Waals surface area (Å²) in [5, 5.41) is 10.3. The van der Waals surface area contributed by atoms with Gasteiger partial charge < -0.3 is 4.74 Å². The molecular weight excluding hydrogens is 246 g/mol. The van der Waals surface area contributed by atoms with E-state index < -0.39 is 0 Å². The quantitative estimate of drug-likeness (QED) is 0.367. The molecule has 0 N–H and O–H groups in total. The van der Waals surface area contributed by atoms with Gasteiger partial charge in [0.05, 0.1) is 6.61 Å². The summed E-state index contributed by atoms with van der Waals surface area (Å²) < 4.78 is 4.91. The Morgan fingerprint density at radius 1 is 1.26 bits per heavy atom. The summed E-state index contributed by atoms with van der Waals surface area (Å²) in [5.74, 6) is 1.17. The van der Waals surface area contributed by atoms with Gasteiger partial charge in [-0.25, -0.2) is 0 Å². The first-order chi connectivity index (χ1) is 9.13. The highest BCUT2D eigenvalue weighted by molar-refractivity contribution is 5.69. The molecule has 1 fully saturated rings. The molecule has 0 aromatic carbocycles. The van der Waals surface area contributed by atoms with E-state index in [1.54, 1.807) is 0 Å². The van der Waals surface area contributed by atoms with Gasteiger partial charge in [0, 0.05) is 17.8 Å². The van der Waals surface area contributed by atoms with Crippen LogP contribution in [0.1, 0.15) is 58.3 Å². The minimum atomic E-state index is -0.231. The fourth-order valence-corrected chi connectivity index (χ4v) is 3.10. The number of nitrogens with zero attached hydrogens (tertiary/aromatic N) is 1. The van der Waals surface area contributed by atoms with Crippen LogP contribution in [0.2, 0.25) is 0 Å². The molecule has 1 aliphatic carbocycles. The molecule has 0 radical (unpaired) electrons. The van der Waals surface area contributed by atoms with E-state index in [0.29, 0.717) is 31.3 Å². The Hall–Kier alpha value is -1.13. The van der Waals surface area contributed by atoms with Crippen LogP contribution in [-0.4, -0.2) is 24.0 Å². The van der Waals surface area contributed by atoms with Gasteiger partial charge in [0.2, 0.25) is 6.54 Å². The van der Waals surface area contributed by atoms with E-state index in [-0.39, 0.29) is 17.4 Å². The lowest BCUT2D eigenvalue weighted by atomic mass is 9.88. The molecule has 2 atom stereocenters. The molecule has 19 heavy (non-hydrogen) atoms. The van der Waals surface area contributed by atoms with Gasteiger partial charge >= 0.3 is 5.97 Å². The first kappa shape index (κ1) is 15.9. The Morgan fingerprint density at radius 2 is 1.89 bits per heavy atom. The van der Waals surface area contributed by atoms with Crippen LogP contribution in [-0.2, 0) is 9.53 Å². The van der Waals surface area contributed by atoms with Crippen LogP contribution < -0.4 is 0 Å². The largest absolute Gasteiger partial charge is 0.466 e. The summed E-state index contributed by atoms with van der Waals surface area (Å²) in [5.41, 5.74) is 0. The lowest BCUT2D eigenvalue weighted by molar-refractivity contribution is -0.480. The van der Waals surface area contributed by atoms with E-state index in [0.717, 1.165) is 19.3 Å². The summed E-state index contributed by atoms with van der Waals surface area (Å²) in [6, 6.07) is 0. The second kappa shape index (κ2) is 8.88. The van der Waals surface area contributed by atoms with Gasteiger partial charge in [0.15, 0.2) is 0 Å². The highest BCUT2D eigenvalue weighted by Crippen LogP contribution is 2.37. The van der Waals surface area contributed by atoms with Gasteiger partial charge in [-0.1, -0.05) is 19.3 Å². The maximum absolute atomic E-state index is 11.2. The molecule has 1 saturated carbocycles. The van der Waals surface area contributed by atoms with Crippen molar-refractivity contribution >= 4 is 5.97 Å². The monoisotopic (exact) mass is 271 g/mol. The SMILES string of the molecule is CCOC(=O)CCC[C@@H]1CCC[C@@H]1CCC[N+](=O)[O-]. The molecule has 0 saturated heterocycles. The molecule has 0 spiro atoms. The number of rotatable bonds is 9. The third kappa shape index (κ3) is 6.55. The lowest BCUT2D eigenvalue weighted by Crippen LogP contribution is -2.11. The van der Waals surface area contributed by atoms with Crippen molar-refractivity contribution in [3.8, 4) is 0 Å². The molecule has 0 unspecified atom stereocenters. The summed E-state index contributed by atoms with van der Waals surface area (Å²) in [4.78, 5) is 21.3. The van der Waals surface area contributed by atoms with Gasteiger partial charge in [-0.05, 0) is 38.0 Å². The normalized spacial score (nSPS) is 22.4. The molecule has 5 heteroatoms. The minimum absolute atomic E-state index is 0.0893. The van der Waals surface area contributed by atoms with Crippen LogP contribution in [0.4, 0.5) is 0 Å². The molecule has 0 aromatic heterocycles. The van der Waals surface area contributed by atoms with E-state index in [2.05, 4.69) is 0 Å². The van der Waals surface area contributed by atoms with Gasteiger partial charge in [-0.2, -0.15) is 0 Å². The van der Waals surface area contributed by atoms with Crippen molar-refractivity contribution in [3.05, 3.63) is 10.1 Å². The summed E-state index contributed by atoms with van der Waals surface area (Å²) in [6.07, 6.45) is 7.74. The molecule has 1 rings (SSSR count). The summed E-state index contributed by atoms with van der Waals surface area (Å²) in [6.45, 7) is 2.36. The van der Waals surface area contributed by atoms with Gasteiger partial charge in [0.1, 0.15) is 0 Å². The molecule has 0 heterocycles. The van der Waals surface area contributed by atoms with Crippen LogP contribution in [0, 0.1) is 22.0 Å².